The van der Waals surface area contributed by atoms with Gasteiger partial charge in [-0.2, -0.15) is 0 Å². The van der Waals surface area contributed by atoms with Crippen molar-refractivity contribution in [3.63, 3.8) is 0 Å². The quantitative estimate of drug-likeness (QED) is 0.815. The lowest BCUT2D eigenvalue weighted by atomic mass is 9.57. The second-order valence-corrected chi connectivity index (χ2v) is 8.06. The van der Waals surface area contributed by atoms with E-state index in [0.29, 0.717) is 12.5 Å². The topological polar surface area (TPSA) is 64.4 Å². The number of rotatable bonds is 7. The molecular weight excluding hydrogens is 328 g/mol. The molecule has 1 aliphatic carbocycles. The highest BCUT2D eigenvalue weighted by atomic mass is 16.5. The summed E-state index contributed by atoms with van der Waals surface area (Å²) >= 11 is 0. The van der Waals surface area contributed by atoms with Crippen molar-refractivity contribution in [3.8, 4) is 5.75 Å². The lowest BCUT2D eigenvalue weighted by molar-refractivity contribution is -0.128. The van der Waals surface area contributed by atoms with Crippen LogP contribution in [0.15, 0.2) is 40.9 Å². The van der Waals surface area contributed by atoms with Gasteiger partial charge in [-0.25, -0.2) is 0 Å². The first-order chi connectivity index (χ1) is 12.4. The van der Waals surface area contributed by atoms with E-state index in [0.717, 1.165) is 30.0 Å². The van der Waals surface area contributed by atoms with Gasteiger partial charge in [0.25, 0.3) is 0 Å². The second kappa shape index (κ2) is 7.52. The predicted molar refractivity (Wildman–Crippen MR) is 99.6 cm³/mol. The Labute approximate surface area is 155 Å². The molecule has 0 unspecified atom stereocenters. The van der Waals surface area contributed by atoms with Gasteiger partial charge < -0.3 is 14.6 Å². The van der Waals surface area contributed by atoms with E-state index in [1.54, 1.807) is 0 Å². The third kappa shape index (κ3) is 4.09. The second-order valence-electron chi connectivity index (χ2n) is 8.06. The normalized spacial score (nSPS) is 21.3. The molecule has 2 aromatic rings. The first-order valence-corrected chi connectivity index (χ1v) is 9.29. The Morgan fingerprint density at radius 3 is 2.73 bits per heavy atom. The molecule has 1 aromatic carbocycles. The molecule has 1 fully saturated rings. The van der Waals surface area contributed by atoms with E-state index >= 15 is 0 Å². The zero-order chi connectivity index (χ0) is 18.7. The van der Waals surface area contributed by atoms with Crippen molar-refractivity contribution in [1.29, 1.82) is 0 Å². The van der Waals surface area contributed by atoms with Crippen LogP contribution in [0.2, 0.25) is 0 Å². The summed E-state index contributed by atoms with van der Waals surface area (Å²) in [4.78, 5) is 11.9. The molecule has 3 rings (SSSR count). The van der Waals surface area contributed by atoms with Crippen molar-refractivity contribution in [1.82, 2.24) is 10.5 Å². The van der Waals surface area contributed by atoms with Crippen molar-refractivity contribution in [2.45, 2.75) is 53.2 Å². The van der Waals surface area contributed by atoms with E-state index in [-0.39, 0.29) is 23.3 Å². The fourth-order valence-electron chi connectivity index (χ4n) is 3.39. The number of benzene rings is 1. The highest BCUT2D eigenvalue weighted by Gasteiger charge is 2.48. The minimum absolute atomic E-state index is 0.0209. The first kappa shape index (κ1) is 18.5. The molecule has 1 N–H and O–H groups in total. The number of carbonyl (C=O) groups is 1. The van der Waals surface area contributed by atoms with Crippen LogP contribution in [-0.2, 0) is 17.8 Å². The Morgan fingerprint density at radius 1 is 1.35 bits per heavy atom. The summed E-state index contributed by atoms with van der Waals surface area (Å²) < 4.78 is 11.1. The third-order valence-corrected chi connectivity index (χ3v) is 5.50. The molecular formula is C21H28N2O3. The van der Waals surface area contributed by atoms with Crippen LogP contribution in [0.1, 0.15) is 45.6 Å². The van der Waals surface area contributed by atoms with E-state index < -0.39 is 0 Å². The molecule has 1 aliphatic rings. The largest absolute Gasteiger partial charge is 0.486 e. The molecule has 1 amide bonds. The summed E-state index contributed by atoms with van der Waals surface area (Å²) in [6.07, 6.45) is 1.84. The van der Waals surface area contributed by atoms with Crippen molar-refractivity contribution in [3.05, 3.63) is 47.9 Å². The summed E-state index contributed by atoms with van der Waals surface area (Å²) in [5, 5.41) is 7.35. The van der Waals surface area contributed by atoms with Gasteiger partial charge in [-0.15, -0.1) is 0 Å². The van der Waals surface area contributed by atoms with E-state index in [4.69, 9.17) is 9.26 Å². The average molecular weight is 356 g/mol. The minimum Gasteiger partial charge on any atom is -0.486 e. The van der Waals surface area contributed by atoms with Crippen LogP contribution >= 0.6 is 0 Å². The Bertz CT molecular complexity index is 737. The maximum atomic E-state index is 11.9. The Morgan fingerprint density at radius 2 is 2.08 bits per heavy atom. The molecule has 0 spiro atoms. The van der Waals surface area contributed by atoms with Crippen molar-refractivity contribution >= 4 is 5.91 Å². The number of aromatic nitrogens is 1. The standard InChI is InChI=1S/C21H28N2O3/c1-14(2)20(24)22-19-11-15(21(19,3)4)10-16-12-18(26-23-16)13-25-17-8-6-5-7-9-17/h5-9,12,14-15,19H,10-11,13H2,1-4H3,(H,22,24)/t15-,19+/m1/s1. The smallest absolute Gasteiger partial charge is 0.222 e. The number of carbonyl (C=O) groups excluding carboxylic acids is 1. The van der Waals surface area contributed by atoms with Gasteiger partial charge >= 0.3 is 0 Å². The van der Waals surface area contributed by atoms with Crippen LogP contribution in [0.4, 0.5) is 0 Å². The predicted octanol–water partition coefficient (Wildman–Crippen LogP) is 3.98. The molecule has 1 aromatic heterocycles. The van der Waals surface area contributed by atoms with E-state index in [1.165, 1.54) is 0 Å². The fourth-order valence-corrected chi connectivity index (χ4v) is 3.39. The molecule has 0 saturated heterocycles. The maximum Gasteiger partial charge on any atom is 0.222 e. The van der Waals surface area contributed by atoms with Gasteiger partial charge in [0.1, 0.15) is 12.4 Å². The van der Waals surface area contributed by atoms with Crippen LogP contribution in [0.5, 0.6) is 5.75 Å². The summed E-state index contributed by atoms with van der Waals surface area (Å²) in [5.41, 5.74) is 1.01. The number of hydrogen-bond donors (Lipinski definition) is 1. The van der Waals surface area contributed by atoms with Crippen LogP contribution < -0.4 is 10.1 Å². The molecule has 5 heteroatoms. The Kier molecular flexibility index (Phi) is 5.35. The van der Waals surface area contributed by atoms with Gasteiger partial charge in [0, 0.05) is 18.0 Å². The van der Waals surface area contributed by atoms with Crippen molar-refractivity contribution < 1.29 is 14.1 Å². The van der Waals surface area contributed by atoms with Crippen LogP contribution in [0.3, 0.4) is 0 Å². The van der Waals surface area contributed by atoms with E-state index in [1.807, 2.05) is 50.2 Å². The number of nitrogens with one attached hydrogen (secondary N) is 1. The highest BCUT2D eigenvalue weighted by molar-refractivity contribution is 5.78. The van der Waals surface area contributed by atoms with Crippen LogP contribution in [0, 0.1) is 17.3 Å². The van der Waals surface area contributed by atoms with Gasteiger partial charge in [-0.1, -0.05) is 51.1 Å². The number of ether oxygens (including phenoxy) is 1. The minimum atomic E-state index is 0.0209. The molecule has 26 heavy (non-hydrogen) atoms. The first-order valence-electron chi connectivity index (χ1n) is 9.29. The zero-order valence-corrected chi connectivity index (χ0v) is 16.0. The molecule has 0 radical (unpaired) electrons. The molecule has 2 atom stereocenters. The van der Waals surface area contributed by atoms with Crippen molar-refractivity contribution in [2.75, 3.05) is 0 Å². The van der Waals surface area contributed by atoms with E-state index in [2.05, 4.69) is 24.3 Å². The van der Waals surface area contributed by atoms with Gasteiger partial charge in [0.2, 0.25) is 5.91 Å². The number of amides is 1. The maximum absolute atomic E-state index is 11.9. The van der Waals surface area contributed by atoms with Crippen molar-refractivity contribution in [2.24, 2.45) is 17.3 Å². The van der Waals surface area contributed by atoms with Gasteiger partial charge in [0.05, 0.1) is 5.69 Å². The summed E-state index contributed by atoms with van der Waals surface area (Å²) in [6, 6.07) is 11.9. The van der Waals surface area contributed by atoms with Gasteiger partial charge in [-0.05, 0) is 36.3 Å². The molecule has 140 valence electrons. The lowest BCUT2D eigenvalue weighted by Gasteiger charge is -2.52. The molecule has 1 saturated carbocycles. The third-order valence-electron chi connectivity index (χ3n) is 5.50. The van der Waals surface area contributed by atoms with Gasteiger partial charge in [0.15, 0.2) is 5.76 Å². The highest BCUT2D eigenvalue weighted by Crippen LogP contribution is 2.47. The summed E-state index contributed by atoms with van der Waals surface area (Å²) in [5.74, 6) is 2.17. The monoisotopic (exact) mass is 356 g/mol. The zero-order valence-electron chi connectivity index (χ0n) is 16.0. The molecule has 0 aliphatic heterocycles. The van der Waals surface area contributed by atoms with Gasteiger partial charge in [-0.3, -0.25) is 4.79 Å². The number of para-hydroxylation sites is 1. The van der Waals surface area contributed by atoms with Crippen LogP contribution in [-0.4, -0.2) is 17.1 Å². The molecule has 0 bridgehead atoms. The average Bonchev–Trinajstić information content (AvgIpc) is 3.07. The van der Waals surface area contributed by atoms with Crippen LogP contribution in [0.25, 0.3) is 0 Å². The molecule has 5 nitrogen and oxygen atoms in total. The Hall–Kier alpha value is -2.30. The number of nitrogens with zero attached hydrogens (tertiary/aromatic N) is 1. The lowest BCUT2D eigenvalue weighted by Crippen LogP contribution is -2.59. The van der Waals surface area contributed by atoms with E-state index in [9.17, 15) is 4.79 Å². The number of hydrogen-bond acceptors (Lipinski definition) is 4. The molecule has 1 heterocycles. The SMILES string of the molecule is CC(C)C(=O)N[C@H]1C[C@@H](Cc2cc(COc3ccccc3)on2)C1(C)C. The summed E-state index contributed by atoms with van der Waals surface area (Å²) in [6.45, 7) is 8.65. The Balaban J connectivity index is 1.51. The summed E-state index contributed by atoms with van der Waals surface area (Å²) in [7, 11) is 0. The fraction of sp³-hybridized carbons (Fsp3) is 0.524.